The zero-order valence-electron chi connectivity index (χ0n) is 8.83. The van der Waals surface area contributed by atoms with E-state index in [1.165, 1.54) is 0 Å². The Morgan fingerprint density at radius 3 is 2.07 bits per heavy atom. The molecule has 0 rings (SSSR count). The highest BCUT2D eigenvalue weighted by Crippen LogP contribution is 2.06. The van der Waals surface area contributed by atoms with E-state index in [0.717, 1.165) is 6.42 Å². The molecule has 1 unspecified atom stereocenters. The molecule has 0 aromatic rings. The second-order valence-corrected chi connectivity index (χ2v) is 4.20. The van der Waals surface area contributed by atoms with Crippen LogP contribution in [0.2, 0.25) is 0 Å². The molecule has 0 aliphatic carbocycles. The molecule has 0 radical (unpaired) electrons. The van der Waals surface area contributed by atoms with E-state index >= 15 is 0 Å². The molecular weight excluding hydrogens is 332 g/mol. The molecule has 4 nitrogen and oxygen atoms in total. The Hall–Kier alpha value is -0.100. The number of carbonyl (C=O) groups excluding carboxylic acids is 1. The van der Waals surface area contributed by atoms with Crippen LogP contribution in [0.25, 0.3) is 0 Å². The van der Waals surface area contributed by atoms with Gasteiger partial charge < -0.3 is 9.84 Å². The zero-order chi connectivity index (χ0) is 12.3. The van der Waals surface area contributed by atoms with E-state index in [4.69, 9.17) is 5.11 Å². The van der Waals surface area contributed by atoms with Gasteiger partial charge in [0.2, 0.25) is 0 Å². The second kappa shape index (κ2) is 12.0. The summed E-state index contributed by atoms with van der Waals surface area (Å²) in [7, 11) is 0. The smallest absolute Gasteiger partial charge is 0.317 e. The normalized spacial score (nSPS) is 10.9. The van der Waals surface area contributed by atoms with Gasteiger partial charge in [-0.2, -0.15) is 0 Å². The predicted molar refractivity (Wildman–Crippen MR) is 65.7 cm³/mol. The van der Waals surface area contributed by atoms with Gasteiger partial charge in [-0.15, -0.1) is 0 Å². The van der Waals surface area contributed by atoms with Crippen LogP contribution in [0.3, 0.4) is 0 Å². The summed E-state index contributed by atoms with van der Waals surface area (Å²) in [4.78, 5) is 19.8. The lowest BCUT2D eigenvalue weighted by molar-refractivity contribution is -0.140. The highest BCUT2D eigenvalue weighted by molar-refractivity contribution is 9.10. The van der Waals surface area contributed by atoms with Gasteiger partial charge in [-0.1, -0.05) is 45.2 Å². The van der Waals surface area contributed by atoms with Crippen molar-refractivity contribution in [2.75, 3.05) is 11.9 Å². The lowest BCUT2D eigenvalue weighted by Crippen LogP contribution is -2.11. The molecule has 1 N–H and O–H groups in total. The highest BCUT2D eigenvalue weighted by Gasteiger charge is 2.09. The monoisotopic (exact) mass is 346 g/mol. The number of carboxylic acid groups (broad SMARTS) is 1. The van der Waals surface area contributed by atoms with Crippen LogP contribution in [0.15, 0.2) is 0 Å². The maximum atomic E-state index is 10.1. The molecule has 0 fully saturated rings. The third kappa shape index (κ3) is 13.9. The van der Waals surface area contributed by atoms with Crippen molar-refractivity contribution in [3.05, 3.63) is 0 Å². The lowest BCUT2D eigenvalue weighted by Gasteiger charge is -1.98. The number of halogens is 2. The van der Waals surface area contributed by atoms with Crippen LogP contribution in [0, 0.1) is 0 Å². The SMILES string of the molecule is CCCC(Br)C(=O)O.CCOC(=O)CBr. The number of aliphatic carboxylic acids is 1. The van der Waals surface area contributed by atoms with Crippen LogP contribution < -0.4 is 0 Å². The molecule has 0 spiro atoms. The molecule has 6 heteroatoms. The quantitative estimate of drug-likeness (QED) is 0.613. The van der Waals surface area contributed by atoms with E-state index < -0.39 is 5.97 Å². The van der Waals surface area contributed by atoms with Gasteiger partial charge in [-0.25, -0.2) is 0 Å². The summed E-state index contributed by atoms with van der Waals surface area (Å²) >= 11 is 5.94. The topological polar surface area (TPSA) is 63.6 Å². The predicted octanol–water partition coefficient (Wildman–Crippen LogP) is 2.58. The molecule has 90 valence electrons. The number of carbonyl (C=O) groups is 2. The fourth-order valence-electron chi connectivity index (χ4n) is 0.576. The van der Waals surface area contributed by atoms with Gasteiger partial charge in [0.15, 0.2) is 0 Å². The van der Waals surface area contributed by atoms with Crippen molar-refractivity contribution < 1.29 is 19.4 Å². The minimum atomic E-state index is -0.771. The fraction of sp³-hybridized carbons (Fsp3) is 0.778. The first-order valence-corrected chi connectivity index (χ1v) is 6.61. The third-order valence-electron chi connectivity index (χ3n) is 1.22. The summed E-state index contributed by atoms with van der Waals surface area (Å²) < 4.78 is 4.51. The van der Waals surface area contributed by atoms with Gasteiger partial charge in [-0.05, 0) is 13.3 Å². The van der Waals surface area contributed by atoms with E-state index in [1.54, 1.807) is 6.92 Å². The fourth-order valence-corrected chi connectivity index (χ4v) is 1.20. The molecule has 0 aromatic heterocycles. The molecule has 0 saturated heterocycles. The number of carboxylic acids is 1. The van der Waals surface area contributed by atoms with Gasteiger partial charge in [-0.3, -0.25) is 9.59 Å². The molecule has 0 amide bonds. The van der Waals surface area contributed by atoms with E-state index in [2.05, 4.69) is 36.6 Å². The summed E-state index contributed by atoms with van der Waals surface area (Å²) in [6.07, 6.45) is 1.61. The Labute approximate surface area is 107 Å². The maximum Gasteiger partial charge on any atom is 0.317 e. The number of rotatable bonds is 5. The number of ether oxygens (including phenoxy) is 1. The summed E-state index contributed by atoms with van der Waals surface area (Å²) in [5.74, 6) is -0.977. The second-order valence-electron chi connectivity index (χ2n) is 2.53. The number of alkyl halides is 2. The van der Waals surface area contributed by atoms with Crippen molar-refractivity contribution in [2.24, 2.45) is 0 Å². The lowest BCUT2D eigenvalue weighted by atomic mass is 10.2. The molecule has 0 saturated carbocycles. The molecule has 1 atom stereocenters. The van der Waals surface area contributed by atoms with Crippen molar-refractivity contribution >= 4 is 43.8 Å². The molecule has 0 aromatic carbocycles. The van der Waals surface area contributed by atoms with E-state index in [0.29, 0.717) is 18.4 Å². The minimum absolute atomic E-state index is 0.206. The Balaban J connectivity index is 0. The van der Waals surface area contributed by atoms with Crippen LogP contribution in [0.1, 0.15) is 26.7 Å². The largest absolute Gasteiger partial charge is 0.480 e. The van der Waals surface area contributed by atoms with Crippen molar-refractivity contribution in [2.45, 2.75) is 31.5 Å². The van der Waals surface area contributed by atoms with Crippen molar-refractivity contribution in [1.82, 2.24) is 0 Å². The Morgan fingerprint density at radius 1 is 1.40 bits per heavy atom. The van der Waals surface area contributed by atoms with Crippen molar-refractivity contribution in [1.29, 1.82) is 0 Å². The average Bonchev–Trinajstić information content (AvgIpc) is 2.19. The molecular formula is C9H16Br2O4. The molecule has 15 heavy (non-hydrogen) atoms. The van der Waals surface area contributed by atoms with Gasteiger partial charge >= 0.3 is 11.9 Å². The first-order chi connectivity index (χ1) is 6.99. The van der Waals surface area contributed by atoms with Gasteiger partial charge in [0.25, 0.3) is 0 Å². The molecule has 0 aliphatic rings. The number of hydrogen-bond acceptors (Lipinski definition) is 3. The Kier molecular flexibility index (Phi) is 13.8. The zero-order valence-corrected chi connectivity index (χ0v) is 12.0. The molecule has 0 bridgehead atoms. The van der Waals surface area contributed by atoms with Crippen molar-refractivity contribution in [3.63, 3.8) is 0 Å². The summed E-state index contributed by atoms with van der Waals surface area (Å²) in [6.45, 7) is 4.20. The first kappa shape index (κ1) is 17.3. The van der Waals surface area contributed by atoms with E-state index in [9.17, 15) is 9.59 Å². The van der Waals surface area contributed by atoms with Gasteiger partial charge in [0, 0.05) is 0 Å². The van der Waals surface area contributed by atoms with Crippen molar-refractivity contribution in [3.8, 4) is 0 Å². The summed E-state index contributed by atoms with van der Waals surface area (Å²) in [6, 6.07) is 0. The minimum Gasteiger partial charge on any atom is -0.480 e. The Bertz CT molecular complexity index is 185. The molecule has 0 aliphatic heterocycles. The summed E-state index contributed by atoms with van der Waals surface area (Å²) in [5, 5.41) is 8.56. The average molecular weight is 348 g/mol. The summed E-state index contributed by atoms with van der Waals surface area (Å²) in [5.41, 5.74) is 0. The Morgan fingerprint density at radius 2 is 1.93 bits per heavy atom. The van der Waals surface area contributed by atoms with Gasteiger partial charge in [0.1, 0.15) is 10.2 Å². The van der Waals surface area contributed by atoms with E-state index in [1.807, 2.05) is 6.92 Å². The van der Waals surface area contributed by atoms with E-state index in [-0.39, 0.29) is 10.8 Å². The highest BCUT2D eigenvalue weighted by atomic mass is 79.9. The van der Waals surface area contributed by atoms with Gasteiger partial charge in [0.05, 0.1) is 6.61 Å². The maximum absolute atomic E-state index is 10.1. The number of esters is 1. The van der Waals surface area contributed by atoms with Crippen LogP contribution in [0.5, 0.6) is 0 Å². The molecule has 0 heterocycles. The first-order valence-electron chi connectivity index (χ1n) is 4.57. The standard InChI is InChI=1S/C5H9BrO2.C4H7BrO2/c1-2-3-4(6)5(7)8;1-2-7-4(6)3-5/h4H,2-3H2,1H3,(H,7,8);2-3H2,1H3. The number of hydrogen-bond donors (Lipinski definition) is 1. The third-order valence-corrected chi connectivity index (χ3v) is 2.53. The van der Waals surface area contributed by atoms with Crippen LogP contribution in [0.4, 0.5) is 0 Å². The van der Waals surface area contributed by atoms with Crippen LogP contribution in [-0.2, 0) is 14.3 Å². The van der Waals surface area contributed by atoms with Crippen LogP contribution in [-0.4, -0.2) is 33.8 Å². The van der Waals surface area contributed by atoms with Crippen LogP contribution >= 0.6 is 31.9 Å².